The van der Waals surface area contributed by atoms with Crippen LogP contribution in [0.3, 0.4) is 0 Å². The van der Waals surface area contributed by atoms with Crippen molar-refractivity contribution in [3.8, 4) is 5.75 Å². The van der Waals surface area contributed by atoms with E-state index < -0.39 is 11.5 Å². The average Bonchev–Trinajstić information content (AvgIpc) is 2.43. The molecule has 0 aliphatic rings. The lowest BCUT2D eigenvalue weighted by Gasteiger charge is -2.28. The number of rotatable bonds is 9. The average molecular weight is 279 g/mol. The predicted molar refractivity (Wildman–Crippen MR) is 80.2 cm³/mol. The maximum absolute atomic E-state index is 11.3. The van der Waals surface area contributed by atoms with E-state index in [0.717, 1.165) is 12.2 Å². The SMILES string of the molecule is CCC(CC)(NCCCOc1cccc(C)c1)C(=O)O. The smallest absolute Gasteiger partial charge is 0.323 e. The number of benzene rings is 1. The Balaban J connectivity index is 2.32. The molecule has 0 saturated carbocycles. The molecule has 1 aromatic carbocycles. The summed E-state index contributed by atoms with van der Waals surface area (Å²) in [7, 11) is 0. The number of carboxylic acids is 1. The number of hydrogen-bond donors (Lipinski definition) is 2. The van der Waals surface area contributed by atoms with Crippen molar-refractivity contribution in [2.45, 2.75) is 45.6 Å². The second-order valence-corrected chi connectivity index (χ2v) is 5.04. The van der Waals surface area contributed by atoms with Crippen LogP contribution >= 0.6 is 0 Å². The van der Waals surface area contributed by atoms with E-state index in [2.05, 4.69) is 5.32 Å². The summed E-state index contributed by atoms with van der Waals surface area (Å²) in [5.41, 5.74) is 0.367. The number of nitrogens with one attached hydrogen (secondary N) is 1. The topological polar surface area (TPSA) is 58.6 Å². The van der Waals surface area contributed by atoms with Gasteiger partial charge in [0.15, 0.2) is 0 Å². The molecular formula is C16H25NO3. The highest BCUT2D eigenvalue weighted by Gasteiger charge is 2.33. The number of carbonyl (C=O) groups is 1. The molecule has 0 amide bonds. The number of carboxylic acid groups (broad SMARTS) is 1. The Hall–Kier alpha value is -1.55. The number of aliphatic carboxylic acids is 1. The van der Waals surface area contributed by atoms with Gasteiger partial charge in [0.25, 0.3) is 0 Å². The molecule has 1 rings (SSSR count). The minimum Gasteiger partial charge on any atom is -0.494 e. The second kappa shape index (κ2) is 7.90. The third kappa shape index (κ3) is 4.53. The molecule has 0 aliphatic heterocycles. The van der Waals surface area contributed by atoms with Gasteiger partial charge in [0, 0.05) is 0 Å². The highest BCUT2D eigenvalue weighted by molar-refractivity contribution is 5.78. The molecule has 4 nitrogen and oxygen atoms in total. The summed E-state index contributed by atoms with van der Waals surface area (Å²) in [6.07, 6.45) is 1.94. The molecule has 1 aromatic rings. The van der Waals surface area contributed by atoms with E-state index in [1.54, 1.807) is 0 Å². The van der Waals surface area contributed by atoms with Crippen LogP contribution in [-0.2, 0) is 4.79 Å². The first-order valence-corrected chi connectivity index (χ1v) is 7.22. The fraction of sp³-hybridized carbons (Fsp3) is 0.562. The third-order valence-corrected chi connectivity index (χ3v) is 3.66. The minimum atomic E-state index is -0.802. The van der Waals surface area contributed by atoms with Crippen molar-refractivity contribution in [2.75, 3.05) is 13.2 Å². The zero-order chi connectivity index (χ0) is 15.0. The maximum atomic E-state index is 11.3. The van der Waals surface area contributed by atoms with Gasteiger partial charge < -0.3 is 15.2 Å². The van der Waals surface area contributed by atoms with Crippen LogP contribution in [0.25, 0.3) is 0 Å². The van der Waals surface area contributed by atoms with E-state index in [9.17, 15) is 9.90 Å². The molecule has 2 N–H and O–H groups in total. The van der Waals surface area contributed by atoms with Crippen LogP contribution in [0, 0.1) is 6.92 Å². The van der Waals surface area contributed by atoms with Gasteiger partial charge in [-0.15, -0.1) is 0 Å². The summed E-state index contributed by atoms with van der Waals surface area (Å²) in [6.45, 7) is 7.04. The van der Waals surface area contributed by atoms with E-state index >= 15 is 0 Å². The highest BCUT2D eigenvalue weighted by atomic mass is 16.5. The highest BCUT2D eigenvalue weighted by Crippen LogP contribution is 2.15. The van der Waals surface area contributed by atoms with Gasteiger partial charge in [0.2, 0.25) is 0 Å². The Morgan fingerprint density at radius 2 is 2.05 bits per heavy atom. The maximum Gasteiger partial charge on any atom is 0.323 e. The van der Waals surface area contributed by atoms with Gasteiger partial charge in [0.1, 0.15) is 11.3 Å². The molecule has 4 heteroatoms. The van der Waals surface area contributed by atoms with Crippen LogP contribution in [-0.4, -0.2) is 29.8 Å². The van der Waals surface area contributed by atoms with Crippen LogP contribution in [0.15, 0.2) is 24.3 Å². The lowest BCUT2D eigenvalue weighted by molar-refractivity contribution is -0.145. The minimum absolute atomic E-state index is 0.581. The summed E-state index contributed by atoms with van der Waals surface area (Å²) in [5.74, 6) is 0.0857. The molecule has 20 heavy (non-hydrogen) atoms. The molecule has 0 aromatic heterocycles. The van der Waals surface area contributed by atoms with Gasteiger partial charge >= 0.3 is 5.97 Å². The zero-order valence-corrected chi connectivity index (χ0v) is 12.6. The molecule has 0 bridgehead atoms. The molecule has 0 fully saturated rings. The summed E-state index contributed by atoms with van der Waals surface area (Å²) >= 11 is 0. The van der Waals surface area contributed by atoms with Gasteiger partial charge in [-0.2, -0.15) is 0 Å². The van der Waals surface area contributed by atoms with Gasteiger partial charge in [-0.3, -0.25) is 4.79 Å². The van der Waals surface area contributed by atoms with Gasteiger partial charge in [-0.05, 0) is 50.4 Å². The van der Waals surface area contributed by atoms with Crippen LogP contribution in [0.2, 0.25) is 0 Å². The number of hydrogen-bond acceptors (Lipinski definition) is 3. The Morgan fingerprint density at radius 1 is 1.35 bits per heavy atom. The van der Waals surface area contributed by atoms with Crippen molar-refractivity contribution >= 4 is 5.97 Å². The summed E-state index contributed by atoms with van der Waals surface area (Å²) < 4.78 is 5.64. The first kappa shape index (κ1) is 16.5. The lowest BCUT2D eigenvalue weighted by Crippen LogP contribution is -2.51. The monoisotopic (exact) mass is 279 g/mol. The summed E-state index contributed by atoms with van der Waals surface area (Å²) in [4.78, 5) is 11.3. The van der Waals surface area contributed by atoms with Crippen molar-refractivity contribution in [3.05, 3.63) is 29.8 Å². The van der Waals surface area contributed by atoms with Gasteiger partial charge in [0.05, 0.1) is 6.61 Å². The summed E-state index contributed by atoms with van der Waals surface area (Å²) in [6, 6.07) is 7.91. The number of ether oxygens (including phenoxy) is 1. The molecule has 0 spiro atoms. The zero-order valence-electron chi connectivity index (χ0n) is 12.6. The van der Waals surface area contributed by atoms with Crippen LogP contribution in [0.1, 0.15) is 38.7 Å². The third-order valence-electron chi connectivity index (χ3n) is 3.66. The van der Waals surface area contributed by atoms with E-state index in [4.69, 9.17) is 4.74 Å². The molecule has 0 saturated heterocycles. The second-order valence-electron chi connectivity index (χ2n) is 5.04. The van der Waals surface area contributed by atoms with Gasteiger partial charge in [-0.1, -0.05) is 26.0 Å². The van der Waals surface area contributed by atoms with E-state index in [1.807, 2.05) is 45.0 Å². The van der Waals surface area contributed by atoms with E-state index in [1.165, 1.54) is 5.56 Å². The molecular weight excluding hydrogens is 254 g/mol. The normalized spacial score (nSPS) is 11.3. The van der Waals surface area contributed by atoms with Crippen molar-refractivity contribution in [3.63, 3.8) is 0 Å². The Morgan fingerprint density at radius 3 is 2.60 bits per heavy atom. The number of aryl methyl sites for hydroxylation is 1. The largest absolute Gasteiger partial charge is 0.494 e. The molecule has 0 heterocycles. The fourth-order valence-electron chi connectivity index (χ4n) is 2.17. The molecule has 0 unspecified atom stereocenters. The van der Waals surface area contributed by atoms with Crippen LogP contribution in [0.5, 0.6) is 5.75 Å². The van der Waals surface area contributed by atoms with Crippen molar-refractivity contribution in [1.29, 1.82) is 0 Å². The quantitative estimate of drug-likeness (QED) is 0.682. The Bertz CT molecular complexity index is 427. The van der Waals surface area contributed by atoms with Gasteiger partial charge in [-0.25, -0.2) is 0 Å². The van der Waals surface area contributed by atoms with Crippen LogP contribution in [0.4, 0.5) is 0 Å². The first-order chi connectivity index (χ1) is 9.54. The Kier molecular flexibility index (Phi) is 6.52. The van der Waals surface area contributed by atoms with Crippen LogP contribution < -0.4 is 10.1 Å². The van der Waals surface area contributed by atoms with Crippen molar-refractivity contribution < 1.29 is 14.6 Å². The predicted octanol–water partition coefficient (Wildman–Crippen LogP) is 3.00. The molecule has 0 aliphatic carbocycles. The molecule has 0 radical (unpaired) electrons. The van der Waals surface area contributed by atoms with Crippen molar-refractivity contribution in [1.82, 2.24) is 5.32 Å². The summed E-state index contributed by atoms with van der Waals surface area (Å²) in [5, 5.41) is 12.4. The lowest BCUT2D eigenvalue weighted by atomic mass is 9.93. The molecule has 0 atom stereocenters. The van der Waals surface area contributed by atoms with E-state index in [0.29, 0.717) is 26.0 Å². The first-order valence-electron chi connectivity index (χ1n) is 7.22. The Labute approximate surface area is 121 Å². The van der Waals surface area contributed by atoms with Crippen molar-refractivity contribution in [2.24, 2.45) is 0 Å². The van der Waals surface area contributed by atoms with E-state index in [-0.39, 0.29) is 0 Å². The molecule has 112 valence electrons. The fourth-order valence-corrected chi connectivity index (χ4v) is 2.17. The standard InChI is InChI=1S/C16H25NO3/c1-4-16(5-2,15(18)19)17-10-7-11-20-14-9-6-8-13(3)12-14/h6,8-9,12,17H,4-5,7,10-11H2,1-3H3,(H,18,19).